The monoisotopic (exact) mass is 399 g/mol. The maximum Gasteiger partial charge on any atom is 0.341 e. The van der Waals surface area contributed by atoms with E-state index in [0.29, 0.717) is 27.8 Å². The molecule has 0 spiro atoms. The molecule has 0 aliphatic carbocycles. The summed E-state index contributed by atoms with van der Waals surface area (Å²) in [5, 5.41) is 4.70. The highest BCUT2D eigenvalue weighted by Crippen LogP contribution is 2.28. The average molecular weight is 400 g/mol. The summed E-state index contributed by atoms with van der Waals surface area (Å²) >= 11 is 5.91. The van der Waals surface area contributed by atoms with Crippen molar-refractivity contribution in [1.29, 1.82) is 0 Å². The molecule has 0 aliphatic rings. The van der Waals surface area contributed by atoms with Gasteiger partial charge >= 0.3 is 5.97 Å². The minimum Gasteiger partial charge on any atom is -0.503 e. The molecule has 0 saturated heterocycles. The fraction of sp³-hybridized carbons (Fsp3) is 0.143. The number of hydrogen-bond acceptors (Lipinski definition) is 6. The molecule has 0 fully saturated rings. The molecule has 3 aromatic rings. The molecule has 3 rings (SSSR count). The Morgan fingerprint density at radius 2 is 1.89 bits per heavy atom. The number of benzene rings is 2. The molecule has 0 N–H and O–H groups in total. The van der Waals surface area contributed by atoms with E-state index in [4.69, 9.17) is 30.3 Å². The molecule has 6 nitrogen and oxygen atoms in total. The Hall–Kier alpha value is -3.25. The molecule has 28 heavy (non-hydrogen) atoms. The van der Waals surface area contributed by atoms with E-state index in [2.05, 4.69) is 5.16 Å². The summed E-state index contributed by atoms with van der Waals surface area (Å²) in [6, 6.07) is 16.2. The number of rotatable bonds is 7. The van der Waals surface area contributed by atoms with E-state index in [-0.39, 0.29) is 12.2 Å². The smallest absolute Gasteiger partial charge is 0.341 e. The number of esters is 1. The van der Waals surface area contributed by atoms with Gasteiger partial charge in [0.15, 0.2) is 5.76 Å². The zero-order valence-corrected chi connectivity index (χ0v) is 16.1. The molecule has 0 amide bonds. The molecule has 2 aromatic carbocycles. The maximum absolute atomic E-state index is 12.0. The molecular formula is C21H18ClNO5. The Kier molecular flexibility index (Phi) is 6.34. The first-order valence-corrected chi connectivity index (χ1v) is 8.75. The van der Waals surface area contributed by atoms with Crippen LogP contribution in [0.1, 0.15) is 11.3 Å². The van der Waals surface area contributed by atoms with Gasteiger partial charge < -0.3 is 18.7 Å². The number of carbonyl (C=O) groups is 1. The molecule has 1 aromatic heterocycles. The van der Waals surface area contributed by atoms with Crippen molar-refractivity contribution in [3.8, 4) is 17.0 Å². The SMILES string of the molecule is COC=C(C(=O)OC)c1ccccc1OCc1cc(-c2ccc(Cl)cc2)no1. The maximum atomic E-state index is 12.0. The average Bonchev–Trinajstić information content (AvgIpc) is 3.20. The van der Waals surface area contributed by atoms with Crippen LogP contribution in [-0.4, -0.2) is 25.3 Å². The Balaban J connectivity index is 1.78. The minimum atomic E-state index is -0.525. The van der Waals surface area contributed by atoms with Crippen LogP contribution in [0.3, 0.4) is 0 Å². The van der Waals surface area contributed by atoms with Gasteiger partial charge in [-0.05, 0) is 18.2 Å². The molecule has 0 atom stereocenters. The highest BCUT2D eigenvalue weighted by atomic mass is 35.5. The lowest BCUT2D eigenvalue weighted by molar-refractivity contribution is -0.133. The first-order valence-electron chi connectivity index (χ1n) is 8.37. The van der Waals surface area contributed by atoms with Gasteiger partial charge in [-0.2, -0.15) is 0 Å². The summed E-state index contributed by atoms with van der Waals surface area (Å²) in [6.45, 7) is 0.138. The summed E-state index contributed by atoms with van der Waals surface area (Å²) in [5.41, 5.74) is 2.36. The molecule has 0 bridgehead atoms. The second-order valence-corrected chi connectivity index (χ2v) is 6.17. The number of methoxy groups -OCH3 is 2. The Morgan fingerprint density at radius 1 is 1.14 bits per heavy atom. The van der Waals surface area contributed by atoms with Crippen molar-refractivity contribution in [3.63, 3.8) is 0 Å². The Bertz CT molecular complexity index is 978. The summed E-state index contributed by atoms with van der Waals surface area (Å²) in [6.07, 6.45) is 1.32. The van der Waals surface area contributed by atoms with E-state index >= 15 is 0 Å². The molecule has 0 aliphatic heterocycles. The lowest BCUT2D eigenvalue weighted by Crippen LogP contribution is -2.06. The number of carbonyl (C=O) groups excluding carboxylic acids is 1. The lowest BCUT2D eigenvalue weighted by atomic mass is 10.1. The molecular weight excluding hydrogens is 382 g/mol. The number of halogens is 1. The van der Waals surface area contributed by atoms with Gasteiger partial charge in [0.05, 0.1) is 20.5 Å². The van der Waals surface area contributed by atoms with E-state index in [9.17, 15) is 4.79 Å². The van der Waals surface area contributed by atoms with Crippen LogP contribution in [0.2, 0.25) is 5.02 Å². The van der Waals surface area contributed by atoms with Crippen molar-refractivity contribution in [2.24, 2.45) is 0 Å². The lowest BCUT2D eigenvalue weighted by Gasteiger charge is -2.11. The van der Waals surface area contributed by atoms with E-state index in [1.807, 2.05) is 12.1 Å². The minimum absolute atomic E-state index is 0.138. The van der Waals surface area contributed by atoms with Crippen molar-refractivity contribution < 1.29 is 23.5 Å². The number of aromatic nitrogens is 1. The zero-order valence-electron chi connectivity index (χ0n) is 15.3. The van der Waals surface area contributed by atoms with Crippen LogP contribution in [0.15, 0.2) is 65.4 Å². The number of nitrogens with zero attached hydrogens (tertiary/aromatic N) is 1. The fourth-order valence-corrected chi connectivity index (χ4v) is 2.68. The molecule has 0 saturated carbocycles. The molecule has 1 heterocycles. The van der Waals surface area contributed by atoms with E-state index in [0.717, 1.165) is 5.56 Å². The van der Waals surface area contributed by atoms with Crippen LogP contribution in [0, 0.1) is 0 Å². The standard InChI is InChI=1S/C21H18ClNO5/c1-25-13-18(21(24)26-2)17-5-3-4-6-20(17)27-12-16-11-19(23-28-16)14-7-9-15(22)10-8-14/h3-11,13H,12H2,1-2H3. The van der Waals surface area contributed by atoms with E-state index in [1.54, 1.807) is 42.5 Å². The van der Waals surface area contributed by atoms with Gasteiger partial charge in [0.25, 0.3) is 0 Å². The third-order valence-electron chi connectivity index (χ3n) is 3.89. The summed E-state index contributed by atoms with van der Waals surface area (Å²) in [7, 11) is 2.77. The van der Waals surface area contributed by atoms with Crippen LogP contribution in [0.4, 0.5) is 0 Å². The number of ether oxygens (including phenoxy) is 3. The van der Waals surface area contributed by atoms with E-state index in [1.165, 1.54) is 20.5 Å². The first kappa shape index (κ1) is 19.5. The highest BCUT2D eigenvalue weighted by molar-refractivity contribution is 6.30. The molecule has 144 valence electrons. The van der Waals surface area contributed by atoms with Gasteiger partial charge in [0, 0.05) is 22.2 Å². The van der Waals surface area contributed by atoms with Crippen molar-refractivity contribution in [3.05, 3.63) is 77.2 Å². The molecule has 7 heteroatoms. The van der Waals surface area contributed by atoms with Crippen molar-refractivity contribution >= 4 is 23.1 Å². The summed E-state index contributed by atoms with van der Waals surface area (Å²) in [5.74, 6) is 0.498. The van der Waals surface area contributed by atoms with E-state index < -0.39 is 5.97 Å². The van der Waals surface area contributed by atoms with Crippen LogP contribution in [0.25, 0.3) is 16.8 Å². The van der Waals surface area contributed by atoms with Crippen molar-refractivity contribution in [2.75, 3.05) is 14.2 Å². The van der Waals surface area contributed by atoms with Gasteiger partial charge in [0.1, 0.15) is 23.6 Å². The van der Waals surface area contributed by atoms with Crippen molar-refractivity contribution in [1.82, 2.24) is 5.16 Å². The van der Waals surface area contributed by atoms with Gasteiger partial charge in [0.2, 0.25) is 0 Å². The van der Waals surface area contributed by atoms with Crippen LogP contribution >= 0.6 is 11.6 Å². The fourth-order valence-electron chi connectivity index (χ4n) is 2.55. The highest BCUT2D eigenvalue weighted by Gasteiger charge is 2.18. The van der Waals surface area contributed by atoms with Gasteiger partial charge in [-0.15, -0.1) is 0 Å². The van der Waals surface area contributed by atoms with Gasteiger partial charge in [-0.3, -0.25) is 0 Å². The summed E-state index contributed by atoms with van der Waals surface area (Å²) in [4.78, 5) is 12.0. The topological polar surface area (TPSA) is 70.8 Å². The van der Waals surface area contributed by atoms with Crippen LogP contribution in [-0.2, 0) is 20.9 Å². The Morgan fingerprint density at radius 3 is 2.61 bits per heavy atom. The molecule has 0 unspecified atom stereocenters. The second-order valence-electron chi connectivity index (χ2n) is 5.73. The quantitative estimate of drug-likeness (QED) is 0.325. The molecule has 0 radical (unpaired) electrons. The number of hydrogen-bond donors (Lipinski definition) is 0. The third kappa shape index (κ3) is 4.53. The second kappa shape index (κ2) is 9.10. The zero-order chi connectivity index (χ0) is 19.9. The first-order chi connectivity index (χ1) is 13.6. The third-order valence-corrected chi connectivity index (χ3v) is 4.14. The van der Waals surface area contributed by atoms with Gasteiger partial charge in [-0.1, -0.05) is 47.1 Å². The van der Waals surface area contributed by atoms with Crippen LogP contribution < -0.4 is 4.74 Å². The largest absolute Gasteiger partial charge is 0.503 e. The van der Waals surface area contributed by atoms with Gasteiger partial charge in [-0.25, -0.2) is 4.79 Å². The van der Waals surface area contributed by atoms with Crippen molar-refractivity contribution in [2.45, 2.75) is 6.61 Å². The van der Waals surface area contributed by atoms with Crippen LogP contribution in [0.5, 0.6) is 5.75 Å². The predicted molar refractivity (Wildman–Crippen MR) is 105 cm³/mol. The Labute approximate surface area is 167 Å². The number of para-hydroxylation sites is 1. The normalized spacial score (nSPS) is 11.2. The predicted octanol–water partition coefficient (Wildman–Crippen LogP) is 4.73. The summed E-state index contributed by atoms with van der Waals surface area (Å²) < 4.78 is 21.0.